The Morgan fingerprint density at radius 3 is 2.93 bits per heavy atom. The molecule has 2 rings (SSSR count). The van der Waals surface area contributed by atoms with Crippen LogP contribution in [0, 0.1) is 0 Å². The predicted molar refractivity (Wildman–Crippen MR) is 59.5 cm³/mol. The number of hydrogen-bond acceptors (Lipinski definition) is 5. The Bertz CT molecular complexity index is 535. The number of fused-ring (bicyclic) bond motifs is 1. The van der Waals surface area contributed by atoms with Gasteiger partial charge in [-0.2, -0.15) is 4.98 Å². The molecule has 1 aromatic carbocycles. The zero-order valence-electron chi connectivity index (χ0n) is 7.87. The van der Waals surface area contributed by atoms with Gasteiger partial charge in [0.05, 0.1) is 4.47 Å². The van der Waals surface area contributed by atoms with E-state index in [0.29, 0.717) is 21.1 Å². The van der Waals surface area contributed by atoms with Crippen molar-refractivity contribution in [2.75, 3.05) is 5.43 Å². The SMILES string of the molecule is CC(=O)c1cc(Br)c2oc(NN)nc2c1. The summed E-state index contributed by atoms with van der Waals surface area (Å²) in [5.74, 6) is 5.15. The number of carbonyl (C=O) groups excluding carboxylic acids is 1. The molecule has 0 saturated heterocycles. The Labute approximate surface area is 93.7 Å². The third-order valence-corrected chi connectivity index (χ3v) is 2.56. The summed E-state index contributed by atoms with van der Waals surface area (Å²) in [4.78, 5) is 15.2. The normalized spacial score (nSPS) is 10.6. The van der Waals surface area contributed by atoms with E-state index in [4.69, 9.17) is 10.3 Å². The van der Waals surface area contributed by atoms with Crippen LogP contribution >= 0.6 is 15.9 Å². The number of ketones is 1. The number of Topliss-reactive ketones (excluding diaryl/α,β-unsaturated/α-hetero) is 1. The van der Waals surface area contributed by atoms with Crippen molar-refractivity contribution in [2.45, 2.75) is 6.92 Å². The van der Waals surface area contributed by atoms with Crippen LogP contribution in [-0.2, 0) is 0 Å². The van der Waals surface area contributed by atoms with E-state index in [1.807, 2.05) is 0 Å². The number of oxazole rings is 1. The molecule has 0 radical (unpaired) electrons. The summed E-state index contributed by atoms with van der Waals surface area (Å²) in [5.41, 5.74) is 4.03. The molecule has 0 atom stereocenters. The number of nitrogen functional groups attached to an aromatic ring is 1. The van der Waals surface area contributed by atoms with Crippen LogP contribution in [0.4, 0.5) is 6.01 Å². The van der Waals surface area contributed by atoms with Crippen LogP contribution in [0.2, 0.25) is 0 Å². The number of hydrazine groups is 1. The summed E-state index contributed by atoms with van der Waals surface area (Å²) in [6, 6.07) is 3.56. The fourth-order valence-electron chi connectivity index (χ4n) is 1.26. The Morgan fingerprint density at radius 2 is 2.33 bits per heavy atom. The third-order valence-electron chi connectivity index (χ3n) is 1.97. The van der Waals surface area contributed by atoms with Gasteiger partial charge in [-0.1, -0.05) is 0 Å². The van der Waals surface area contributed by atoms with Gasteiger partial charge in [0.1, 0.15) is 5.52 Å². The van der Waals surface area contributed by atoms with Gasteiger partial charge in [0.25, 0.3) is 0 Å². The van der Waals surface area contributed by atoms with Gasteiger partial charge in [0, 0.05) is 5.56 Å². The standard InChI is InChI=1S/C9H8BrN3O2/c1-4(14)5-2-6(10)8-7(3-5)12-9(13-11)15-8/h2-3H,11H2,1H3,(H,12,13). The maximum absolute atomic E-state index is 11.2. The molecule has 5 nitrogen and oxygen atoms in total. The molecule has 0 aliphatic carbocycles. The van der Waals surface area contributed by atoms with E-state index >= 15 is 0 Å². The van der Waals surface area contributed by atoms with Crippen LogP contribution in [0.1, 0.15) is 17.3 Å². The highest BCUT2D eigenvalue weighted by Crippen LogP contribution is 2.28. The minimum Gasteiger partial charge on any atom is -0.421 e. The van der Waals surface area contributed by atoms with Crippen LogP contribution in [0.5, 0.6) is 0 Å². The summed E-state index contributed by atoms with van der Waals surface area (Å²) in [7, 11) is 0. The first kappa shape index (κ1) is 10.1. The number of halogens is 1. The molecule has 6 heteroatoms. The lowest BCUT2D eigenvalue weighted by molar-refractivity contribution is 0.101. The second-order valence-corrected chi connectivity index (χ2v) is 3.88. The average Bonchev–Trinajstić information content (AvgIpc) is 2.61. The number of benzene rings is 1. The number of aromatic nitrogens is 1. The van der Waals surface area contributed by atoms with Gasteiger partial charge < -0.3 is 4.42 Å². The molecule has 15 heavy (non-hydrogen) atoms. The van der Waals surface area contributed by atoms with E-state index in [1.165, 1.54) is 6.92 Å². The Morgan fingerprint density at radius 1 is 1.60 bits per heavy atom. The lowest BCUT2D eigenvalue weighted by Crippen LogP contribution is -2.06. The second-order valence-electron chi connectivity index (χ2n) is 3.03. The van der Waals surface area contributed by atoms with Crippen molar-refractivity contribution in [3.05, 3.63) is 22.2 Å². The van der Waals surface area contributed by atoms with Gasteiger partial charge in [-0.3, -0.25) is 10.2 Å². The lowest BCUT2D eigenvalue weighted by atomic mass is 10.1. The van der Waals surface area contributed by atoms with Crippen LogP contribution in [0.15, 0.2) is 21.0 Å². The quantitative estimate of drug-likeness (QED) is 0.496. The van der Waals surface area contributed by atoms with E-state index in [1.54, 1.807) is 12.1 Å². The number of nitrogens with one attached hydrogen (secondary N) is 1. The van der Waals surface area contributed by atoms with Gasteiger partial charge in [-0.05, 0) is 35.0 Å². The number of nitrogens with zero attached hydrogens (tertiary/aromatic N) is 1. The molecule has 0 fully saturated rings. The highest BCUT2D eigenvalue weighted by atomic mass is 79.9. The molecule has 0 unspecified atom stereocenters. The fourth-order valence-corrected chi connectivity index (χ4v) is 1.79. The monoisotopic (exact) mass is 269 g/mol. The number of carbonyl (C=O) groups is 1. The fraction of sp³-hybridized carbons (Fsp3) is 0.111. The van der Waals surface area contributed by atoms with Crippen molar-refractivity contribution in [3.63, 3.8) is 0 Å². The van der Waals surface area contributed by atoms with Crippen molar-refractivity contribution in [2.24, 2.45) is 5.84 Å². The van der Waals surface area contributed by atoms with E-state index in [-0.39, 0.29) is 11.8 Å². The molecule has 2 aromatic rings. The first-order valence-electron chi connectivity index (χ1n) is 4.19. The molecule has 1 aromatic heterocycles. The largest absolute Gasteiger partial charge is 0.421 e. The van der Waals surface area contributed by atoms with Crippen molar-refractivity contribution in [1.29, 1.82) is 0 Å². The minimum atomic E-state index is -0.0251. The summed E-state index contributed by atoms with van der Waals surface area (Å²) in [5, 5.41) is 0. The number of nitrogens with two attached hydrogens (primary N) is 1. The topological polar surface area (TPSA) is 81.2 Å². The third kappa shape index (κ3) is 1.73. The number of hydrogen-bond donors (Lipinski definition) is 2. The molecule has 0 aliphatic heterocycles. The molecule has 0 spiro atoms. The Balaban J connectivity index is 2.70. The van der Waals surface area contributed by atoms with Crippen LogP contribution in [0.25, 0.3) is 11.1 Å². The van der Waals surface area contributed by atoms with Gasteiger partial charge in [-0.25, -0.2) is 5.84 Å². The second kappa shape index (κ2) is 3.63. The van der Waals surface area contributed by atoms with E-state index in [9.17, 15) is 4.79 Å². The van der Waals surface area contributed by atoms with Crippen LogP contribution in [-0.4, -0.2) is 10.8 Å². The van der Waals surface area contributed by atoms with Gasteiger partial charge >= 0.3 is 6.01 Å². The van der Waals surface area contributed by atoms with Crippen LogP contribution < -0.4 is 11.3 Å². The smallest absolute Gasteiger partial charge is 0.310 e. The van der Waals surface area contributed by atoms with Crippen molar-refractivity contribution >= 4 is 38.8 Å². The minimum absolute atomic E-state index is 0.0251. The highest BCUT2D eigenvalue weighted by molar-refractivity contribution is 9.10. The first-order valence-corrected chi connectivity index (χ1v) is 4.98. The molecule has 0 bridgehead atoms. The zero-order valence-corrected chi connectivity index (χ0v) is 9.46. The zero-order chi connectivity index (χ0) is 11.0. The molecule has 1 heterocycles. The Kier molecular flexibility index (Phi) is 2.45. The molecular formula is C9H8BrN3O2. The van der Waals surface area contributed by atoms with Gasteiger partial charge in [0.15, 0.2) is 11.4 Å². The van der Waals surface area contributed by atoms with Crippen LogP contribution in [0.3, 0.4) is 0 Å². The molecule has 0 amide bonds. The molecule has 0 saturated carbocycles. The predicted octanol–water partition coefficient (Wildman–Crippen LogP) is 2.08. The lowest BCUT2D eigenvalue weighted by Gasteiger charge is -1.96. The van der Waals surface area contributed by atoms with E-state index in [0.717, 1.165) is 0 Å². The summed E-state index contributed by atoms with van der Waals surface area (Å²) in [6.07, 6.45) is 0. The average molecular weight is 270 g/mol. The molecule has 3 N–H and O–H groups in total. The summed E-state index contributed by atoms with van der Waals surface area (Å²) in [6.45, 7) is 1.50. The van der Waals surface area contributed by atoms with E-state index in [2.05, 4.69) is 26.3 Å². The van der Waals surface area contributed by atoms with Crippen molar-refractivity contribution in [1.82, 2.24) is 4.98 Å². The van der Waals surface area contributed by atoms with E-state index < -0.39 is 0 Å². The number of rotatable bonds is 2. The van der Waals surface area contributed by atoms with Gasteiger partial charge in [0.2, 0.25) is 0 Å². The first-order chi connectivity index (χ1) is 7.11. The highest BCUT2D eigenvalue weighted by Gasteiger charge is 2.11. The number of anilines is 1. The molecule has 78 valence electrons. The Hall–Kier alpha value is -1.40. The van der Waals surface area contributed by atoms with Gasteiger partial charge in [-0.15, -0.1) is 0 Å². The maximum Gasteiger partial charge on any atom is 0.310 e. The maximum atomic E-state index is 11.2. The van der Waals surface area contributed by atoms with Crippen molar-refractivity contribution in [3.8, 4) is 0 Å². The molecule has 0 aliphatic rings. The molecular weight excluding hydrogens is 262 g/mol. The van der Waals surface area contributed by atoms with Crippen molar-refractivity contribution < 1.29 is 9.21 Å². The summed E-state index contributed by atoms with van der Waals surface area (Å²) >= 11 is 3.30. The summed E-state index contributed by atoms with van der Waals surface area (Å²) < 4.78 is 5.96.